The van der Waals surface area contributed by atoms with Crippen LogP contribution in [0.15, 0.2) is 30.5 Å². The zero-order valence-electron chi connectivity index (χ0n) is 9.90. The first-order chi connectivity index (χ1) is 8.90. The maximum atomic E-state index is 12.6. The molecule has 0 atom stereocenters. The van der Waals surface area contributed by atoms with Gasteiger partial charge >= 0.3 is 6.18 Å². The summed E-state index contributed by atoms with van der Waals surface area (Å²) < 4.78 is 37.7. The summed E-state index contributed by atoms with van der Waals surface area (Å²) in [6, 6.07) is 5.52. The molecule has 0 saturated heterocycles. The molecule has 0 saturated carbocycles. The number of benzene rings is 1. The third kappa shape index (κ3) is 2.96. The van der Waals surface area contributed by atoms with Crippen molar-refractivity contribution in [2.75, 3.05) is 0 Å². The van der Waals surface area contributed by atoms with E-state index in [1.165, 1.54) is 6.07 Å². The van der Waals surface area contributed by atoms with Crippen molar-refractivity contribution in [1.29, 1.82) is 0 Å². The molecule has 1 heterocycles. The summed E-state index contributed by atoms with van der Waals surface area (Å²) in [6.45, 7) is 1.74. The van der Waals surface area contributed by atoms with Gasteiger partial charge in [-0.2, -0.15) is 13.2 Å². The molecule has 1 aromatic heterocycles. The molecule has 98 valence electrons. The van der Waals surface area contributed by atoms with Gasteiger partial charge in [-0.05, 0) is 36.8 Å². The minimum Gasteiger partial charge on any atom is -0.298 e. The third-order valence-electron chi connectivity index (χ3n) is 2.44. The number of halogens is 3. The highest BCUT2D eigenvalue weighted by Gasteiger charge is 2.32. The predicted octanol–water partition coefficient (Wildman–Crippen LogP) is 3.28. The van der Waals surface area contributed by atoms with Crippen molar-refractivity contribution in [3.8, 4) is 11.4 Å². The first-order valence-corrected chi connectivity index (χ1v) is 5.37. The zero-order valence-corrected chi connectivity index (χ0v) is 9.90. The molecule has 0 unspecified atom stereocenters. The highest BCUT2D eigenvalue weighted by molar-refractivity contribution is 5.78. The highest BCUT2D eigenvalue weighted by Crippen LogP contribution is 2.28. The molecule has 0 aliphatic heterocycles. The van der Waals surface area contributed by atoms with E-state index in [0.29, 0.717) is 17.4 Å². The summed E-state index contributed by atoms with van der Waals surface area (Å²) in [5.41, 5.74) is 0.497. The van der Waals surface area contributed by atoms with Crippen molar-refractivity contribution in [3.63, 3.8) is 0 Å². The molecule has 0 aliphatic carbocycles. The lowest BCUT2D eigenvalue weighted by Crippen LogP contribution is -2.09. The van der Waals surface area contributed by atoms with E-state index in [9.17, 15) is 18.0 Å². The van der Waals surface area contributed by atoms with Gasteiger partial charge in [-0.25, -0.2) is 9.97 Å². The zero-order chi connectivity index (χ0) is 14.0. The van der Waals surface area contributed by atoms with Crippen LogP contribution in [-0.2, 0) is 6.18 Å². The Balaban J connectivity index is 2.53. The van der Waals surface area contributed by atoms with Gasteiger partial charge in [0.1, 0.15) is 12.0 Å². The Bertz CT molecular complexity index is 624. The Morgan fingerprint density at radius 2 is 1.95 bits per heavy atom. The van der Waals surface area contributed by atoms with Crippen LogP contribution in [0.25, 0.3) is 11.4 Å². The maximum absolute atomic E-state index is 12.6. The Morgan fingerprint density at radius 1 is 1.21 bits per heavy atom. The number of aldehydes is 1. The van der Waals surface area contributed by atoms with Crippen molar-refractivity contribution in [2.24, 2.45) is 0 Å². The lowest BCUT2D eigenvalue weighted by Gasteiger charge is -2.08. The van der Waals surface area contributed by atoms with E-state index in [-0.39, 0.29) is 5.82 Å². The summed E-state index contributed by atoms with van der Waals surface area (Å²) in [5, 5.41) is 0. The fraction of sp³-hybridized carbons (Fsp3) is 0.154. The lowest BCUT2D eigenvalue weighted by atomic mass is 10.1. The molecule has 0 radical (unpaired) electrons. The molecule has 6 heteroatoms. The van der Waals surface area contributed by atoms with Crippen LogP contribution in [0.5, 0.6) is 0 Å². The van der Waals surface area contributed by atoms with Crippen molar-refractivity contribution < 1.29 is 18.0 Å². The average Bonchev–Trinajstić information content (AvgIpc) is 2.37. The lowest BCUT2D eigenvalue weighted by molar-refractivity contribution is -0.141. The molecule has 0 N–H and O–H groups in total. The number of nitrogens with zero attached hydrogens (tertiary/aromatic N) is 2. The topological polar surface area (TPSA) is 42.9 Å². The van der Waals surface area contributed by atoms with Gasteiger partial charge < -0.3 is 0 Å². The normalized spacial score (nSPS) is 11.4. The standard InChI is InChI=1S/C13H9F3N2O/c1-8-4-9(7-19)6-10(5-8)12-17-3-2-11(18-12)13(14,15)16/h2-7H,1H3. The monoisotopic (exact) mass is 266 g/mol. The summed E-state index contributed by atoms with van der Waals surface area (Å²) in [4.78, 5) is 18.0. The molecule has 0 amide bonds. The second-order valence-electron chi connectivity index (χ2n) is 4.01. The van der Waals surface area contributed by atoms with Gasteiger partial charge in [-0.3, -0.25) is 4.79 Å². The van der Waals surface area contributed by atoms with Crippen molar-refractivity contribution in [2.45, 2.75) is 13.1 Å². The largest absolute Gasteiger partial charge is 0.433 e. The number of carbonyl (C=O) groups is 1. The highest BCUT2D eigenvalue weighted by atomic mass is 19.4. The second-order valence-corrected chi connectivity index (χ2v) is 4.01. The quantitative estimate of drug-likeness (QED) is 0.783. The minimum absolute atomic E-state index is 0.0541. The number of hydrogen-bond acceptors (Lipinski definition) is 3. The van der Waals surface area contributed by atoms with E-state index >= 15 is 0 Å². The number of aryl methyl sites for hydroxylation is 1. The Labute approximate surface area is 107 Å². The molecule has 2 rings (SSSR count). The van der Waals surface area contributed by atoms with Crippen LogP contribution >= 0.6 is 0 Å². The fourth-order valence-electron chi connectivity index (χ4n) is 1.67. The average molecular weight is 266 g/mol. The van der Waals surface area contributed by atoms with Gasteiger partial charge in [0.15, 0.2) is 5.82 Å². The van der Waals surface area contributed by atoms with Gasteiger partial charge in [0, 0.05) is 17.3 Å². The van der Waals surface area contributed by atoms with E-state index in [1.807, 2.05) is 0 Å². The van der Waals surface area contributed by atoms with E-state index < -0.39 is 11.9 Å². The van der Waals surface area contributed by atoms with Gasteiger partial charge in [-0.15, -0.1) is 0 Å². The molecule has 2 aromatic rings. The number of aromatic nitrogens is 2. The summed E-state index contributed by atoms with van der Waals surface area (Å²) in [5.74, 6) is -0.0541. The molecular weight excluding hydrogens is 257 g/mol. The Hall–Kier alpha value is -2.24. The maximum Gasteiger partial charge on any atom is 0.433 e. The predicted molar refractivity (Wildman–Crippen MR) is 62.6 cm³/mol. The first-order valence-electron chi connectivity index (χ1n) is 5.37. The summed E-state index contributed by atoms with van der Waals surface area (Å²) in [7, 11) is 0. The molecular formula is C13H9F3N2O. The number of carbonyl (C=O) groups excluding carboxylic acids is 1. The van der Waals surface area contributed by atoms with Crippen molar-refractivity contribution in [1.82, 2.24) is 9.97 Å². The van der Waals surface area contributed by atoms with Crippen molar-refractivity contribution >= 4 is 6.29 Å². The molecule has 1 aromatic carbocycles. The number of alkyl halides is 3. The smallest absolute Gasteiger partial charge is 0.298 e. The van der Waals surface area contributed by atoms with Gasteiger partial charge in [0.2, 0.25) is 0 Å². The van der Waals surface area contributed by atoms with Crippen LogP contribution in [0.1, 0.15) is 21.6 Å². The van der Waals surface area contributed by atoms with Crippen LogP contribution < -0.4 is 0 Å². The minimum atomic E-state index is -4.52. The molecule has 0 aliphatic rings. The van der Waals surface area contributed by atoms with Crippen LogP contribution in [0, 0.1) is 6.92 Å². The van der Waals surface area contributed by atoms with Crippen molar-refractivity contribution in [3.05, 3.63) is 47.3 Å². The van der Waals surface area contributed by atoms with E-state index in [1.54, 1.807) is 19.1 Å². The molecule has 19 heavy (non-hydrogen) atoms. The molecule has 3 nitrogen and oxygen atoms in total. The second kappa shape index (κ2) is 4.79. The van der Waals surface area contributed by atoms with E-state index in [2.05, 4.69) is 9.97 Å². The summed E-state index contributed by atoms with van der Waals surface area (Å²) in [6.07, 6.45) is -2.84. The van der Waals surface area contributed by atoms with E-state index in [0.717, 1.165) is 17.8 Å². The molecule has 0 spiro atoms. The number of hydrogen-bond donors (Lipinski definition) is 0. The SMILES string of the molecule is Cc1cc(C=O)cc(-c2nccc(C(F)(F)F)n2)c1. The third-order valence-corrected chi connectivity index (χ3v) is 2.44. The summed E-state index contributed by atoms with van der Waals surface area (Å²) >= 11 is 0. The molecule has 0 bridgehead atoms. The van der Waals surface area contributed by atoms with Crippen LogP contribution in [0.2, 0.25) is 0 Å². The van der Waals surface area contributed by atoms with Crippen LogP contribution in [0.4, 0.5) is 13.2 Å². The van der Waals surface area contributed by atoms with Gasteiger partial charge in [0.25, 0.3) is 0 Å². The van der Waals surface area contributed by atoms with Gasteiger partial charge in [0.05, 0.1) is 0 Å². The van der Waals surface area contributed by atoms with Crippen LogP contribution in [0.3, 0.4) is 0 Å². The Morgan fingerprint density at radius 3 is 2.58 bits per heavy atom. The molecule has 0 fully saturated rings. The first kappa shape index (κ1) is 13.2. The Kier molecular flexibility index (Phi) is 3.33. The van der Waals surface area contributed by atoms with Gasteiger partial charge in [-0.1, -0.05) is 0 Å². The van der Waals surface area contributed by atoms with E-state index in [4.69, 9.17) is 0 Å². The fourth-order valence-corrected chi connectivity index (χ4v) is 1.67. The van der Waals surface area contributed by atoms with Crippen LogP contribution in [-0.4, -0.2) is 16.3 Å². The number of rotatable bonds is 2.